The molecule has 0 amide bonds. The van der Waals surface area contributed by atoms with Crippen molar-refractivity contribution in [1.29, 1.82) is 0 Å². The summed E-state index contributed by atoms with van der Waals surface area (Å²) >= 11 is 5.70. The summed E-state index contributed by atoms with van der Waals surface area (Å²) in [7, 11) is 4.06. The Labute approximate surface area is 183 Å². The molecule has 0 spiro atoms. The van der Waals surface area contributed by atoms with Crippen LogP contribution in [0, 0.1) is 20.8 Å². The first kappa shape index (κ1) is 22.0. The normalized spacial score (nSPS) is 11.1. The van der Waals surface area contributed by atoms with E-state index in [2.05, 4.69) is 42.0 Å². The van der Waals surface area contributed by atoms with Gasteiger partial charge in [0.1, 0.15) is 0 Å². The summed E-state index contributed by atoms with van der Waals surface area (Å²) in [4.78, 5) is 20.0. The third-order valence-corrected chi connectivity index (χ3v) is 5.66. The molecule has 2 N–H and O–H groups in total. The maximum Gasteiger partial charge on any atom is 0.253 e. The number of anilines is 1. The van der Waals surface area contributed by atoms with Gasteiger partial charge in [-0.25, -0.2) is 0 Å². The molecule has 1 aromatic heterocycles. The van der Waals surface area contributed by atoms with Crippen molar-refractivity contribution >= 4 is 33.9 Å². The van der Waals surface area contributed by atoms with Crippen molar-refractivity contribution in [1.82, 2.24) is 14.8 Å². The molecule has 0 aliphatic carbocycles. The molecular weight excluding hydrogens is 392 g/mol. The molecule has 0 bridgehead atoms. The second-order valence-corrected chi connectivity index (χ2v) is 8.56. The Hall–Kier alpha value is -2.70. The van der Waals surface area contributed by atoms with Crippen LogP contribution < -0.4 is 10.9 Å². The number of H-pyrrole nitrogens is 1. The van der Waals surface area contributed by atoms with Crippen LogP contribution in [0.25, 0.3) is 10.9 Å². The van der Waals surface area contributed by atoms with Gasteiger partial charge in [0.05, 0.1) is 6.54 Å². The van der Waals surface area contributed by atoms with Crippen LogP contribution >= 0.6 is 12.2 Å². The second kappa shape index (κ2) is 9.41. The molecule has 0 aliphatic heterocycles. The fraction of sp³-hybridized carbons (Fsp3) is 0.333. The highest BCUT2D eigenvalue weighted by Crippen LogP contribution is 2.18. The number of nitrogens with one attached hydrogen (secondary N) is 2. The van der Waals surface area contributed by atoms with Crippen LogP contribution in [0.3, 0.4) is 0 Å². The highest BCUT2D eigenvalue weighted by atomic mass is 32.1. The SMILES string of the molecule is Cc1ccc(NC(=S)N(CCN(C)C)Cc2cc3cc(C)c(C)cc3[nH]c2=O)cc1. The van der Waals surface area contributed by atoms with Crippen LogP contribution in [-0.4, -0.2) is 47.1 Å². The van der Waals surface area contributed by atoms with Gasteiger partial charge in [0.2, 0.25) is 0 Å². The van der Waals surface area contributed by atoms with Gasteiger partial charge in [-0.05, 0) is 93.9 Å². The summed E-state index contributed by atoms with van der Waals surface area (Å²) in [5.41, 5.74) is 6.02. The number of fused-ring (bicyclic) bond motifs is 1. The van der Waals surface area contributed by atoms with E-state index >= 15 is 0 Å². The molecule has 0 aliphatic rings. The lowest BCUT2D eigenvalue weighted by molar-refractivity contribution is 0.327. The Balaban J connectivity index is 1.87. The van der Waals surface area contributed by atoms with E-state index in [0.717, 1.165) is 29.7 Å². The third-order valence-electron chi connectivity index (χ3n) is 5.30. The van der Waals surface area contributed by atoms with E-state index in [1.54, 1.807) is 0 Å². The Morgan fingerprint density at radius 2 is 1.67 bits per heavy atom. The monoisotopic (exact) mass is 422 g/mol. The minimum absolute atomic E-state index is 0.0706. The molecule has 1 heterocycles. The number of aromatic amines is 1. The predicted molar refractivity (Wildman–Crippen MR) is 130 cm³/mol. The standard InChI is InChI=1S/C24H30N4OS/c1-16-6-8-21(9-7-16)25-24(30)28(11-10-27(4)5)15-20-14-19-12-17(2)18(3)13-22(19)26-23(20)29/h6-9,12-14H,10-11,15H2,1-5H3,(H,25,30)(H,26,29). The quantitative estimate of drug-likeness (QED) is 0.583. The number of aromatic nitrogens is 1. The van der Waals surface area contributed by atoms with Gasteiger partial charge >= 0.3 is 0 Å². The lowest BCUT2D eigenvalue weighted by Gasteiger charge is -2.27. The number of benzene rings is 2. The molecule has 0 atom stereocenters. The van der Waals surface area contributed by atoms with Crippen LogP contribution in [0.4, 0.5) is 5.69 Å². The first-order chi connectivity index (χ1) is 14.2. The number of hydrogen-bond donors (Lipinski definition) is 2. The van der Waals surface area contributed by atoms with Crippen LogP contribution in [0.15, 0.2) is 47.3 Å². The van der Waals surface area contributed by atoms with Crippen molar-refractivity contribution in [3.05, 3.63) is 75.1 Å². The van der Waals surface area contributed by atoms with E-state index in [9.17, 15) is 4.79 Å². The van der Waals surface area contributed by atoms with Crippen molar-refractivity contribution < 1.29 is 0 Å². The fourth-order valence-corrected chi connectivity index (χ4v) is 3.53. The molecule has 5 nitrogen and oxygen atoms in total. The average Bonchev–Trinajstić information content (AvgIpc) is 2.68. The van der Waals surface area contributed by atoms with Crippen LogP contribution in [-0.2, 0) is 6.54 Å². The molecule has 2 aromatic carbocycles. The van der Waals surface area contributed by atoms with Gasteiger partial charge in [-0.3, -0.25) is 4.79 Å². The van der Waals surface area contributed by atoms with Gasteiger partial charge in [-0.15, -0.1) is 0 Å². The van der Waals surface area contributed by atoms with Crippen molar-refractivity contribution in [3.63, 3.8) is 0 Å². The Morgan fingerprint density at radius 1 is 1.00 bits per heavy atom. The topological polar surface area (TPSA) is 51.4 Å². The number of nitrogens with zero attached hydrogens (tertiary/aromatic N) is 2. The van der Waals surface area contributed by atoms with E-state index in [-0.39, 0.29) is 5.56 Å². The molecule has 3 aromatic rings. The summed E-state index contributed by atoms with van der Waals surface area (Å²) in [5, 5.41) is 4.96. The molecule has 6 heteroatoms. The summed E-state index contributed by atoms with van der Waals surface area (Å²) < 4.78 is 0. The van der Waals surface area contributed by atoms with Crippen molar-refractivity contribution in [2.24, 2.45) is 0 Å². The van der Waals surface area contributed by atoms with E-state index in [4.69, 9.17) is 12.2 Å². The Morgan fingerprint density at radius 3 is 2.33 bits per heavy atom. The maximum absolute atomic E-state index is 12.8. The van der Waals surface area contributed by atoms with E-state index < -0.39 is 0 Å². The van der Waals surface area contributed by atoms with E-state index in [0.29, 0.717) is 17.2 Å². The molecule has 0 unspecified atom stereocenters. The highest BCUT2D eigenvalue weighted by Gasteiger charge is 2.14. The van der Waals surface area contributed by atoms with E-state index in [1.807, 2.05) is 55.4 Å². The lowest BCUT2D eigenvalue weighted by atomic mass is 10.0. The molecule has 0 saturated carbocycles. The molecular formula is C24H30N4OS. The highest BCUT2D eigenvalue weighted by molar-refractivity contribution is 7.80. The minimum Gasteiger partial charge on any atom is -0.343 e. The summed E-state index contributed by atoms with van der Waals surface area (Å²) in [6, 6.07) is 14.3. The minimum atomic E-state index is -0.0706. The van der Waals surface area contributed by atoms with Crippen LogP contribution in [0.2, 0.25) is 0 Å². The number of thiocarbonyl (C=S) groups is 1. The number of pyridine rings is 1. The largest absolute Gasteiger partial charge is 0.343 e. The van der Waals surface area contributed by atoms with Gasteiger partial charge in [0.15, 0.2) is 5.11 Å². The third kappa shape index (κ3) is 5.46. The maximum atomic E-state index is 12.8. The number of rotatable bonds is 6. The van der Waals surface area contributed by atoms with Gasteiger partial charge in [-0.1, -0.05) is 17.7 Å². The first-order valence-corrected chi connectivity index (χ1v) is 10.5. The average molecular weight is 423 g/mol. The van der Waals surface area contributed by atoms with Crippen molar-refractivity contribution in [2.75, 3.05) is 32.5 Å². The predicted octanol–water partition coefficient (Wildman–Crippen LogP) is 4.21. The summed E-state index contributed by atoms with van der Waals surface area (Å²) in [5.74, 6) is 0. The number of aryl methyl sites for hydroxylation is 3. The zero-order valence-electron chi connectivity index (χ0n) is 18.4. The van der Waals surface area contributed by atoms with Gasteiger partial charge < -0.3 is 20.1 Å². The second-order valence-electron chi connectivity index (χ2n) is 8.17. The van der Waals surface area contributed by atoms with Crippen molar-refractivity contribution in [2.45, 2.75) is 27.3 Å². The number of likely N-dealkylation sites (N-methyl/N-ethyl adjacent to an activating group) is 1. The molecule has 30 heavy (non-hydrogen) atoms. The summed E-state index contributed by atoms with van der Waals surface area (Å²) in [6.45, 7) is 8.20. The molecule has 0 saturated heterocycles. The molecule has 3 rings (SSSR count). The van der Waals surface area contributed by atoms with Crippen LogP contribution in [0.5, 0.6) is 0 Å². The zero-order chi connectivity index (χ0) is 21.8. The molecule has 0 fully saturated rings. The van der Waals surface area contributed by atoms with Crippen LogP contribution in [0.1, 0.15) is 22.3 Å². The first-order valence-electron chi connectivity index (χ1n) is 10.1. The smallest absolute Gasteiger partial charge is 0.253 e. The lowest BCUT2D eigenvalue weighted by Crippen LogP contribution is -2.40. The zero-order valence-corrected chi connectivity index (χ0v) is 19.2. The van der Waals surface area contributed by atoms with Crippen molar-refractivity contribution in [3.8, 4) is 0 Å². The van der Waals surface area contributed by atoms with Gasteiger partial charge in [0, 0.05) is 29.9 Å². The molecule has 0 radical (unpaired) electrons. The van der Waals surface area contributed by atoms with Gasteiger partial charge in [-0.2, -0.15) is 0 Å². The Bertz CT molecular complexity index is 1100. The Kier molecular flexibility index (Phi) is 6.90. The van der Waals surface area contributed by atoms with Gasteiger partial charge in [0.25, 0.3) is 5.56 Å². The summed E-state index contributed by atoms with van der Waals surface area (Å²) in [6.07, 6.45) is 0. The van der Waals surface area contributed by atoms with E-state index in [1.165, 1.54) is 16.7 Å². The molecule has 158 valence electrons. The number of hydrogen-bond acceptors (Lipinski definition) is 3. The fourth-order valence-electron chi connectivity index (χ4n) is 3.26.